The monoisotopic (exact) mass is 187 g/mol. The van der Waals surface area contributed by atoms with E-state index >= 15 is 0 Å². The van der Waals surface area contributed by atoms with E-state index in [1.54, 1.807) is 0 Å². The van der Waals surface area contributed by atoms with Gasteiger partial charge in [0, 0.05) is 6.54 Å². The Balaban J connectivity index is 3.83. The van der Waals surface area contributed by atoms with E-state index in [0.29, 0.717) is 12.5 Å². The maximum absolute atomic E-state index is 10.0. The number of aliphatic hydroxyl groups is 1. The molecule has 0 fully saturated rings. The first kappa shape index (κ1) is 12.9. The summed E-state index contributed by atoms with van der Waals surface area (Å²) in [4.78, 5) is 0. The molecule has 0 bridgehead atoms. The molecule has 13 heavy (non-hydrogen) atoms. The third-order valence-electron chi connectivity index (χ3n) is 2.64. The molecular formula is C11H25NO. The Labute approximate surface area is 82.7 Å². The number of likely N-dealkylation sites (N-methyl/N-ethyl adjacent to an activating group) is 1. The molecule has 0 heterocycles. The zero-order valence-corrected chi connectivity index (χ0v) is 9.56. The van der Waals surface area contributed by atoms with Gasteiger partial charge in [-0.1, -0.05) is 33.6 Å². The molecule has 0 aliphatic rings. The molecule has 2 heteroatoms. The van der Waals surface area contributed by atoms with Crippen LogP contribution in [-0.4, -0.2) is 23.8 Å². The van der Waals surface area contributed by atoms with E-state index in [9.17, 15) is 5.11 Å². The van der Waals surface area contributed by atoms with E-state index in [0.717, 1.165) is 13.0 Å². The Kier molecular flexibility index (Phi) is 6.35. The van der Waals surface area contributed by atoms with Gasteiger partial charge < -0.3 is 10.4 Å². The summed E-state index contributed by atoms with van der Waals surface area (Å²) in [6.45, 7) is 10.0. The molecule has 0 saturated heterocycles. The number of nitrogens with one attached hydrogen (secondary N) is 1. The standard InChI is InChI=1S/C11H25NO/c1-5-10(6-2)8-11(4,13)9-12-7-3/h10,12-13H,5-9H2,1-4H3. The third kappa shape index (κ3) is 6.05. The molecule has 0 aromatic rings. The highest BCUT2D eigenvalue weighted by Crippen LogP contribution is 2.21. The molecule has 80 valence electrons. The lowest BCUT2D eigenvalue weighted by atomic mass is 9.88. The molecule has 0 aromatic heterocycles. The fraction of sp³-hybridized carbons (Fsp3) is 1.00. The average molecular weight is 187 g/mol. The summed E-state index contributed by atoms with van der Waals surface area (Å²) in [5.74, 6) is 0.661. The van der Waals surface area contributed by atoms with Crippen LogP contribution in [0.25, 0.3) is 0 Å². The van der Waals surface area contributed by atoms with Crippen LogP contribution in [0.4, 0.5) is 0 Å². The summed E-state index contributed by atoms with van der Waals surface area (Å²) < 4.78 is 0. The van der Waals surface area contributed by atoms with Gasteiger partial charge in [0.2, 0.25) is 0 Å². The molecule has 2 nitrogen and oxygen atoms in total. The molecule has 2 N–H and O–H groups in total. The van der Waals surface area contributed by atoms with Crippen molar-refractivity contribution in [2.45, 2.75) is 52.6 Å². The van der Waals surface area contributed by atoms with Crippen molar-refractivity contribution in [3.05, 3.63) is 0 Å². The van der Waals surface area contributed by atoms with Crippen molar-refractivity contribution in [2.75, 3.05) is 13.1 Å². The minimum absolute atomic E-state index is 0.535. The second-order valence-corrected chi connectivity index (χ2v) is 4.16. The molecule has 0 radical (unpaired) electrons. The van der Waals surface area contributed by atoms with Gasteiger partial charge in [0.25, 0.3) is 0 Å². The lowest BCUT2D eigenvalue weighted by Crippen LogP contribution is -2.39. The molecule has 1 unspecified atom stereocenters. The summed E-state index contributed by atoms with van der Waals surface area (Å²) in [7, 11) is 0. The van der Waals surface area contributed by atoms with Gasteiger partial charge in [-0.15, -0.1) is 0 Å². The van der Waals surface area contributed by atoms with Gasteiger partial charge in [-0.05, 0) is 25.8 Å². The summed E-state index contributed by atoms with van der Waals surface area (Å²) in [6, 6.07) is 0. The Hall–Kier alpha value is -0.0800. The fourth-order valence-electron chi connectivity index (χ4n) is 1.67. The first-order valence-electron chi connectivity index (χ1n) is 5.48. The maximum Gasteiger partial charge on any atom is 0.0746 e. The summed E-state index contributed by atoms with van der Waals surface area (Å²) in [5, 5.41) is 13.2. The van der Waals surface area contributed by atoms with Crippen LogP contribution in [0.15, 0.2) is 0 Å². The number of hydrogen-bond donors (Lipinski definition) is 2. The Morgan fingerprint density at radius 2 is 1.77 bits per heavy atom. The zero-order chi connectivity index (χ0) is 10.3. The van der Waals surface area contributed by atoms with Crippen molar-refractivity contribution in [2.24, 2.45) is 5.92 Å². The van der Waals surface area contributed by atoms with Crippen LogP contribution in [0.1, 0.15) is 47.0 Å². The van der Waals surface area contributed by atoms with Gasteiger partial charge in [-0.3, -0.25) is 0 Å². The molecule has 0 amide bonds. The van der Waals surface area contributed by atoms with Crippen LogP contribution in [0.3, 0.4) is 0 Å². The summed E-state index contributed by atoms with van der Waals surface area (Å²) >= 11 is 0. The molecular weight excluding hydrogens is 162 g/mol. The third-order valence-corrected chi connectivity index (χ3v) is 2.64. The average Bonchev–Trinajstić information content (AvgIpc) is 2.11. The normalized spacial score (nSPS) is 16.2. The van der Waals surface area contributed by atoms with Gasteiger partial charge in [0.1, 0.15) is 0 Å². The van der Waals surface area contributed by atoms with Crippen LogP contribution in [-0.2, 0) is 0 Å². The van der Waals surface area contributed by atoms with Gasteiger partial charge in [0.05, 0.1) is 5.60 Å². The molecule has 0 saturated carbocycles. The van der Waals surface area contributed by atoms with Gasteiger partial charge in [0.15, 0.2) is 0 Å². The van der Waals surface area contributed by atoms with Crippen molar-refractivity contribution in [1.29, 1.82) is 0 Å². The smallest absolute Gasteiger partial charge is 0.0746 e. The van der Waals surface area contributed by atoms with Gasteiger partial charge in [-0.2, -0.15) is 0 Å². The molecule has 0 spiro atoms. The molecule has 1 atom stereocenters. The second-order valence-electron chi connectivity index (χ2n) is 4.16. The predicted molar refractivity (Wildman–Crippen MR) is 57.9 cm³/mol. The lowest BCUT2D eigenvalue weighted by molar-refractivity contribution is 0.0331. The Morgan fingerprint density at radius 3 is 2.15 bits per heavy atom. The number of rotatable bonds is 7. The molecule has 0 aliphatic heterocycles. The SMILES string of the molecule is CCNCC(C)(O)CC(CC)CC. The van der Waals surface area contributed by atoms with Gasteiger partial charge >= 0.3 is 0 Å². The highest BCUT2D eigenvalue weighted by molar-refractivity contribution is 4.78. The molecule has 0 aromatic carbocycles. The summed E-state index contributed by atoms with van der Waals surface area (Å²) in [6.07, 6.45) is 3.24. The second kappa shape index (κ2) is 6.39. The molecule has 0 rings (SSSR count). The highest BCUT2D eigenvalue weighted by atomic mass is 16.3. The quantitative estimate of drug-likeness (QED) is 0.640. The molecule has 0 aliphatic carbocycles. The topological polar surface area (TPSA) is 32.3 Å². The van der Waals surface area contributed by atoms with Crippen molar-refractivity contribution in [3.8, 4) is 0 Å². The van der Waals surface area contributed by atoms with E-state index < -0.39 is 5.60 Å². The maximum atomic E-state index is 10.0. The minimum atomic E-state index is -0.535. The van der Waals surface area contributed by atoms with E-state index in [2.05, 4.69) is 26.1 Å². The first-order chi connectivity index (χ1) is 6.05. The zero-order valence-electron chi connectivity index (χ0n) is 9.56. The van der Waals surface area contributed by atoms with E-state index in [1.807, 2.05) is 6.92 Å². The van der Waals surface area contributed by atoms with Crippen LogP contribution in [0.2, 0.25) is 0 Å². The lowest BCUT2D eigenvalue weighted by Gasteiger charge is -2.27. The Morgan fingerprint density at radius 1 is 1.23 bits per heavy atom. The van der Waals surface area contributed by atoms with Crippen molar-refractivity contribution >= 4 is 0 Å². The first-order valence-corrected chi connectivity index (χ1v) is 5.48. The highest BCUT2D eigenvalue weighted by Gasteiger charge is 2.22. The van der Waals surface area contributed by atoms with Crippen molar-refractivity contribution in [1.82, 2.24) is 5.32 Å². The van der Waals surface area contributed by atoms with Crippen LogP contribution in [0, 0.1) is 5.92 Å². The Bertz CT molecular complexity index is 119. The fourth-order valence-corrected chi connectivity index (χ4v) is 1.67. The summed E-state index contributed by atoms with van der Waals surface area (Å²) in [5.41, 5.74) is -0.535. The van der Waals surface area contributed by atoms with Gasteiger partial charge in [-0.25, -0.2) is 0 Å². The van der Waals surface area contributed by atoms with E-state index in [-0.39, 0.29) is 0 Å². The largest absolute Gasteiger partial charge is 0.389 e. The van der Waals surface area contributed by atoms with Crippen molar-refractivity contribution < 1.29 is 5.11 Å². The van der Waals surface area contributed by atoms with Crippen molar-refractivity contribution in [3.63, 3.8) is 0 Å². The minimum Gasteiger partial charge on any atom is -0.389 e. The van der Waals surface area contributed by atoms with Crippen LogP contribution < -0.4 is 5.32 Å². The number of hydrogen-bond acceptors (Lipinski definition) is 2. The van der Waals surface area contributed by atoms with Crippen LogP contribution in [0.5, 0.6) is 0 Å². The van der Waals surface area contributed by atoms with E-state index in [1.165, 1.54) is 12.8 Å². The van der Waals surface area contributed by atoms with Crippen LogP contribution >= 0.6 is 0 Å². The van der Waals surface area contributed by atoms with E-state index in [4.69, 9.17) is 0 Å². The predicted octanol–water partition coefficient (Wildman–Crippen LogP) is 2.17.